The lowest BCUT2D eigenvalue weighted by Gasteiger charge is -2.13. The molecule has 20 heavy (non-hydrogen) atoms. The molecule has 0 fully saturated rings. The van der Waals surface area contributed by atoms with Crippen LogP contribution in [0.15, 0.2) is 36.7 Å². The number of hydrogen-bond donors (Lipinski definition) is 1. The van der Waals surface area contributed by atoms with E-state index in [9.17, 15) is 5.11 Å². The summed E-state index contributed by atoms with van der Waals surface area (Å²) in [4.78, 5) is 4.13. The summed E-state index contributed by atoms with van der Waals surface area (Å²) in [7, 11) is 1.59. The number of hydrogen-bond acceptors (Lipinski definition) is 4. The molecule has 0 bridgehead atoms. The lowest BCUT2D eigenvalue weighted by molar-refractivity contribution is 0.198. The Labute approximate surface area is 119 Å². The number of nitrogens with zero attached hydrogens (tertiary/aromatic N) is 1. The number of benzene rings is 1. The molecule has 1 N–H and O–H groups in total. The van der Waals surface area contributed by atoms with Crippen LogP contribution in [-0.2, 0) is 6.61 Å². The highest BCUT2D eigenvalue weighted by Gasteiger charge is 2.09. The molecule has 1 heterocycles. The number of pyridine rings is 1. The van der Waals surface area contributed by atoms with Crippen LogP contribution in [0.1, 0.15) is 29.7 Å². The van der Waals surface area contributed by atoms with Gasteiger partial charge in [0.15, 0.2) is 11.5 Å². The van der Waals surface area contributed by atoms with E-state index in [4.69, 9.17) is 9.47 Å². The van der Waals surface area contributed by atoms with Crippen LogP contribution in [0, 0.1) is 6.92 Å². The van der Waals surface area contributed by atoms with Crippen LogP contribution in [0.5, 0.6) is 11.5 Å². The Bertz CT molecular complexity index is 582. The average molecular weight is 273 g/mol. The first-order valence-electron chi connectivity index (χ1n) is 6.49. The van der Waals surface area contributed by atoms with E-state index >= 15 is 0 Å². The van der Waals surface area contributed by atoms with Gasteiger partial charge in [-0.1, -0.05) is 6.07 Å². The van der Waals surface area contributed by atoms with Crippen molar-refractivity contribution in [1.82, 2.24) is 4.98 Å². The molecule has 0 aliphatic carbocycles. The number of aromatic nitrogens is 1. The second-order valence-electron chi connectivity index (χ2n) is 4.75. The normalized spacial score (nSPS) is 12.0. The molecular formula is C16H19NO3. The van der Waals surface area contributed by atoms with Gasteiger partial charge in [0.05, 0.1) is 13.2 Å². The summed E-state index contributed by atoms with van der Waals surface area (Å²) < 4.78 is 11.1. The lowest BCUT2D eigenvalue weighted by atomic mass is 10.1. The smallest absolute Gasteiger partial charge is 0.161 e. The van der Waals surface area contributed by atoms with Gasteiger partial charge in [-0.05, 0) is 43.2 Å². The fourth-order valence-corrected chi connectivity index (χ4v) is 1.92. The van der Waals surface area contributed by atoms with Gasteiger partial charge in [0.1, 0.15) is 6.61 Å². The molecule has 0 spiro atoms. The topological polar surface area (TPSA) is 51.6 Å². The van der Waals surface area contributed by atoms with Gasteiger partial charge in [-0.15, -0.1) is 0 Å². The van der Waals surface area contributed by atoms with E-state index in [0.29, 0.717) is 18.1 Å². The van der Waals surface area contributed by atoms with Gasteiger partial charge >= 0.3 is 0 Å². The highest BCUT2D eigenvalue weighted by atomic mass is 16.5. The van der Waals surface area contributed by atoms with Crippen molar-refractivity contribution in [2.45, 2.75) is 26.6 Å². The number of aryl methyl sites for hydroxylation is 1. The Balaban J connectivity index is 2.13. The molecule has 4 nitrogen and oxygen atoms in total. The molecule has 4 heteroatoms. The standard InChI is InChI=1S/C16H19NO3/c1-11-6-13(9-17-8-11)10-20-15-5-4-14(12(2)18)7-16(15)19-3/h4-9,12,18H,10H2,1-3H3/t12-/m1/s1. The first-order chi connectivity index (χ1) is 9.60. The van der Waals surface area contributed by atoms with Crippen molar-refractivity contribution >= 4 is 0 Å². The Morgan fingerprint density at radius 2 is 2.00 bits per heavy atom. The predicted octanol–water partition coefficient (Wildman–Crippen LogP) is 3.03. The van der Waals surface area contributed by atoms with Crippen LogP contribution >= 0.6 is 0 Å². The molecule has 0 aliphatic heterocycles. The first-order valence-corrected chi connectivity index (χ1v) is 6.49. The Kier molecular flexibility index (Phi) is 4.58. The minimum atomic E-state index is -0.529. The maximum absolute atomic E-state index is 9.57. The van der Waals surface area contributed by atoms with E-state index in [2.05, 4.69) is 4.98 Å². The molecule has 0 saturated carbocycles. The maximum atomic E-state index is 9.57. The number of ether oxygens (including phenoxy) is 2. The van der Waals surface area contributed by atoms with Gasteiger partial charge in [0.25, 0.3) is 0 Å². The van der Waals surface area contributed by atoms with Crippen molar-refractivity contribution in [3.05, 3.63) is 53.3 Å². The van der Waals surface area contributed by atoms with Crippen molar-refractivity contribution in [1.29, 1.82) is 0 Å². The highest BCUT2D eigenvalue weighted by molar-refractivity contribution is 5.43. The van der Waals surface area contributed by atoms with Crippen LogP contribution in [-0.4, -0.2) is 17.2 Å². The van der Waals surface area contributed by atoms with Crippen LogP contribution in [0.25, 0.3) is 0 Å². The summed E-state index contributed by atoms with van der Waals surface area (Å²) in [5.41, 5.74) is 2.90. The van der Waals surface area contributed by atoms with E-state index in [1.807, 2.05) is 31.3 Å². The van der Waals surface area contributed by atoms with E-state index in [0.717, 1.165) is 16.7 Å². The van der Waals surface area contributed by atoms with Crippen LogP contribution in [0.4, 0.5) is 0 Å². The molecule has 106 valence electrons. The van der Waals surface area contributed by atoms with Gasteiger partial charge in [-0.3, -0.25) is 4.98 Å². The third-order valence-electron chi connectivity index (χ3n) is 3.00. The Morgan fingerprint density at radius 1 is 1.20 bits per heavy atom. The van der Waals surface area contributed by atoms with Gasteiger partial charge in [-0.25, -0.2) is 0 Å². The van der Waals surface area contributed by atoms with Crippen molar-refractivity contribution in [2.24, 2.45) is 0 Å². The van der Waals surface area contributed by atoms with Gasteiger partial charge in [-0.2, -0.15) is 0 Å². The zero-order valence-electron chi connectivity index (χ0n) is 12.0. The molecule has 2 aromatic rings. The molecule has 0 saturated heterocycles. The summed E-state index contributed by atoms with van der Waals surface area (Å²) in [6, 6.07) is 7.46. The summed E-state index contributed by atoms with van der Waals surface area (Å²) in [6.07, 6.45) is 3.06. The number of rotatable bonds is 5. The summed E-state index contributed by atoms with van der Waals surface area (Å²) >= 11 is 0. The maximum Gasteiger partial charge on any atom is 0.161 e. The largest absolute Gasteiger partial charge is 0.493 e. The highest BCUT2D eigenvalue weighted by Crippen LogP contribution is 2.30. The minimum absolute atomic E-state index is 0.430. The fraction of sp³-hybridized carbons (Fsp3) is 0.312. The van der Waals surface area contributed by atoms with E-state index in [1.54, 1.807) is 26.3 Å². The summed E-state index contributed by atoms with van der Waals surface area (Å²) in [5.74, 6) is 1.27. The van der Waals surface area contributed by atoms with Crippen LogP contribution in [0.3, 0.4) is 0 Å². The van der Waals surface area contributed by atoms with Crippen molar-refractivity contribution in [3.8, 4) is 11.5 Å². The molecule has 2 rings (SSSR count). The minimum Gasteiger partial charge on any atom is -0.493 e. The Hall–Kier alpha value is -2.07. The number of methoxy groups -OCH3 is 1. The number of aliphatic hydroxyl groups is 1. The SMILES string of the molecule is COc1cc([C@@H](C)O)ccc1OCc1cncc(C)c1. The first kappa shape index (κ1) is 14.3. The molecule has 1 atom stereocenters. The monoisotopic (exact) mass is 273 g/mol. The quantitative estimate of drug-likeness (QED) is 0.909. The van der Waals surface area contributed by atoms with Gasteiger partial charge in [0.2, 0.25) is 0 Å². The average Bonchev–Trinajstić information content (AvgIpc) is 2.45. The van der Waals surface area contributed by atoms with E-state index < -0.39 is 6.10 Å². The fourth-order valence-electron chi connectivity index (χ4n) is 1.92. The molecule has 1 aromatic carbocycles. The second-order valence-corrected chi connectivity index (χ2v) is 4.75. The molecule has 0 unspecified atom stereocenters. The van der Waals surface area contributed by atoms with Crippen LogP contribution < -0.4 is 9.47 Å². The van der Waals surface area contributed by atoms with Crippen molar-refractivity contribution < 1.29 is 14.6 Å². The zero-order chi connectivity index (χ0) is 14.5. The van der Waals surface area contributed by atoms with Gasteiger partial charge in [0, 0.05) is 18.0 Å². The molecule has 0 aliphatic rings. The molecule has 0 radical (unpaired) electrons. The van der Waals surface area contributed by atoms with Crippen LogP contribution in [0.2, 0.25) is 0 Å². The van der Waals surface area contributed by atoms with E-state index in [1.165, 1.54) is 0 Å². The predicted molar refractivity (Wildman–Crippen MR) is 76.9 cm³/mol. The second kappa shape index (κ2) is 6.39. The third-order valence-corrected chi connectivity index (χ3v) is 3.00. The Morgan fingerprint density at radius 3 is 2.65 bits per heavy atom. The molecular weight excluding hydrogens is 254 g/mol. The summed E-state index contributed by atoms with van der Waals surface area (Å²) in [5, 5.41) is 9.57. The lowest BCUT2D eigenvalue weighted by Crippen LogP contribution is -2.00. The van der Waals surface area contributed by atoms with E-state index in [-0.39, 0.29) is 0 Å². The zero-order valence-corrected chi connectivity index (χ0v) is 12.0. The third kappa shape index (κ3) is 3.48. The number of aliphatic hydroxyl groups excluding tert-OH is 1. The van der Waals surface area contributed by atoms with Gasteiger partial charge < -0.3 is 14.6 Å². The van der Waals surface area contributed by atoms with Crippen molar-refractivity contribution in [2.75, 3.05) is 7.11 Å². The summed E-state index contributed by atoms with van der Waals surface area (Å²) in [6.45, 7) is 4.14. The molecule has 1 aromatic heterocycles. The van der Waals surface area contributed by atoms with Crippen molar-refractivity contribution in [3.63, 3.8) is 0 Å². The molecule has 0 amide bonds.